The van der Waals surface area contributed by atoms with Gasteiger partial charge in [0.25, 0.3) is 0 Å². The average molecular weight is 325 g/mol. The third-order valence-corrected chi connectivity index (χ3v) is 3.22. The number of nitriles is 1. The summed E-state index contributed by atoms with van der Waals surface area (Å²) < 4.78 is 6.76. The number of hydrogen-bond donors (Lipinski definition) is 1. The van der Waals surface area contributed by atoms with E-state index in [1.165, 1.54) is 0 Å². The van der Waals surface area contributed by atoms with E-state index in [1.807, 2.05) is 12.1 Å². The Kier molecular flexibility index (Phi) is 7.54. The minimum absolute atomic E-state index is 0.533. The van der Waals surface area contributed by atoms with E-state index >= 15 is 0 Å². The van der Waals surface area contributed by atoms with Gasteiger partial charge in [0.2, 0.25) is 0 Å². The van der Waals surface area contributed by atoms with E-state index in [0.717, 1.165) is 35.3 Å². The van der Waals surface area contributed by atoms with Crippen LogP contribution in [-0.2, 0) is 6.54 Å². The Bertz CT molecular complexity index is 427. The molecule has 19 heavy (non-hydrogen) atoms. The van der Waals surface area contributed by atoms with Crippen LogP contribution in [0, 0.1) is 17.2 Å². The van der Waals surface area contributed by atoms with Crippen LogP contribution in [0.3, 0.4) is 0 Å². The second-order valence-corrected chi connectivity index (χ2v) is 5.72. The van der Waals surface area contributed by atoms with Gasteiger partial charge in [-0.05, 0) is 40.9 Å². The van der Waals surface area contributed by atoms with Gasteiger partial charge in [-0.15, -0.1) is 0 Å². The fourth-order valence-electron chi connectivity index (χ4n) is 1.68. The van der Waals surface area contributed by atoms with Gasteiger partial charge in [-0.3, -0.25) is 0 Å². The minimum atomic E-state index is 0.533. The van der Waals surface area contributed by atoms with E-state index in [4.69, 9.17) is 10.00 Å². The van der Waals surface area contributed by atoms with Crippen LogP contribution >= 0.6 is 15.9 Å². The number of rotatable bonds is 8. The van der Waals surface area contributed by atoms with Crippen LogP contribution in [0.2, 0.25) is 0 Å². The van der Waals surface area contributed by atoms with Gasteiger partial charge in [-0.1, -0.05) is 26.0 Å². The topological polar surface area (TPSA) is 45.0 Å². The molecule has 0 saturated heterocycles. The number of unbranched alkanes of at least 4 members (excludes halogenated alkanes) is 1. The van der Waals surface area contributed by atoms with Crippen molar-refractivity contribution in [3.05, 3.63) is 28.2 Å². The number of halogens is 1. The predicted molar refractivity (Wildman–Crippen MR) is 81.0 cm³/mol. The Morgan fingerprint density at radius 1 is 1.42 bits per heavy atom. The lowest BCUT2D eigenvalue weighted by atomic mass is 10.2. The molecule has 0 spiro atoms. The molecule has 0 aliphatic carbocycles. The first-order valence-corrected chi connectivity index (χ1v) is 7.42. The summed E-state index contributed by atoms with van der Waals surface area (Å²) >= 11 is 3.52. The van der Waals surface area contributed by atoms with Crippen LogP contribution in [0.25, 0.3) is 0 Å². The maximum Gasteiger partial charge on any atom is 0.137 e. The zero-order valence-corrected chi connectivity index (χ0v) is 13.2. The molecule has 4 heteroatoms. The van der Waals surface area contributed by atoms with Crippen molar-refractivity contribution in [3.63, 3.8) is 0 Å². The highest BCUT2D eigenvalue weighted by molar-refractivity contribution is 9.10. The molecule has 0 radical (unpaired) electrons. The smallest absolute Gasteiger partial charge is 0.137 e. The molecule has 0 bridgehead atoms. The number of nitrogens with zero attached hydrogens (tertiary/aromatic N) is 1. The number of nitrogens with one attached hydrogen (secondary N) is 1. The van der Waals surface area contributed by atoms with Gasteiger partial charge < -0.3 is 10.1 Å². The van der Waals surface area contributed by atoms with Gasteiger partial charge in [0.05, 0.1) is 17.1 Å². The highest BCUT2D eigenvalue weighted by atomic mass is 79.9. The lowest BCUT2D eigenvalue weighted by molar-refractivity contribution is 0.306. The number of para-hydroxylation sites is 1. The summed E-state index contributed by atoms with van der Waals surface area (Å²) in [5.74, 6) is 1.52. The van der Waals surface area contributed by atoms with Gasteiger partial charge in [-0.25, -0.2) is 0 Å². The molecule has 104 valence electrons. The highest BCUT2D eigenvalue weighted by Crippen LogP contribution is 2.29. The molecule has 0 atom stereocenters. The van der Waals surface area contributed by atoms with Crippen molar-refractivity contribution in [3.8, 4) is 11.8 Å². The molecule has 1 N–H and O–H groups in total. The number of hydrogen-bond acceptors (Lipinski definition) is 3. The molecular weight excluding hydrogens is 304 g/mol. The van der Waals surface area contributed by atoms with Crippen LogP contribution in [0.5, 0.6) is 5.75 Å². The number of ether oxygens (including phenoxy) is 1. The Morgan fingerprint density at radius 3 is 2.89 bits per heavy atom. The summed E-state index contributed by atoms with van der Waals surface area (Å²) in [7, 11) is 0. The molecule has 1 aromatic rings. The summed E-state index contributed by atoms with van der Waals surface area (Å²) in [6.07, 6.45) is 1.29. The molecule has 0 aromatic heterocycles. The van der Waals surface area contributed by atoms with Crippen molar-refractivity contribution in [2.75, 3.05) is 13.2 Å². The van der Waals surface area contributed by atoms with E-state index in [-0.39, 0.29) is 0 Å². The summed E-state index contributed by atoms with van der Waals surface area (Å²) in [5.41, 5.74) is 1.15. The highest BCUT2D eigenvalue weighted by Gasteiger charge is 2.08. The second kappa shape index (κ2) is 8.95. The van der Waals surface area contributed by atoms with Crippen molar-refractivity contribution >= 4 is 15.9 Å². The first kappa shape index (κ1) is 16.0. The van der Waals surface area contributed by atoms with Crippen molar-refractivity contribution < 1.29 is 4.74 Å². The standard InChI is InChI=1S/C15H21BrN2O/c1-12(2)10-18-11-13-6-5-7-14(16)15(13)19-9-4-3-8-17/h5-7,12,18H,3-4,9-11H2,1-2H3. The molecule has 0 fully saturated rings. The second-order valence-electron chi connectivity index (χ2n) is 4.86. The van der Waals surface area contributed by atoms with Crippen LogP contribution < -0.4 is 10.1 Å². The van der Waals surface area contributed by atoms with Gasteiger partial charge in [-0.2, -0.15) is 5.26 Å². The van der Waals surface area contributed by atoms with Crippen LogP contribution in [0.4, 0.5) is 0 Å². The molecule has 0 amide bonds. The van der Waals surface area contributed by atoms with E-state index in [1.54, 1.807) is 0 Å². The normalized spacial score (nSPS) is 10.5. The Labute approximate surface area is 124 Å². The quantitative estimate of drug-likeness (QED) is 0.738. The first-order chi connectivity index (χ1) is 9.15. The van der Waals surface area contributed by atoms with Gasteiger partial charge >= 0.3 is 0 Å². The summed E-state index contributed by atoms with van der Waals surface area (Å²) in [6, 6.07) is 8.18. The molecule has 1 rings (SSSR count). The fourth-order valence-corrected chi connectivity index (χ4v) is 2.20. The lowest BCUT2D eigenvalue weighted by Gasteiger charge is -2.14. The maximum atomic E-state index is 8.52. The third-order valence-electron chi connectivity index (χ3n) is 2.60. The Balaban J connectivity index is 2.59. The monoisotopic (exact) mass is 324 g/mol. The summed E-state index contributed by atoms with van der Waals surface area (Å²) in [5, 5.41) is 11.9. The molecule has 0 aliphatic rings. The maximum absolute atomic E-state index is 8.52. The zero-order valence-electron chi connectivity index (χ0n) is 11.6. The predicted octanol–water partition coefficient (Wildman–Crippen LogP) is 3.88. The van der Waals surface area contributed by atoms with Crippen LogP contribution in [-0.4, -0.2) is 13.2 Å². The molecule has 0 unspecified atom stereocenters. The van der Waals surface area contributed by atoms with Crippen molar-refractivity contribution in [2.45, 2.75) is 33.2 Å². The van der Waals surface area contributed by atoms with E-state index < -0.39 is 0 Å². The van der Waals surface area contributed by atoms with E-state index in [2.05, 4.69) is 47.2 Å². The Hall–Kier alpha value is -1.05. The third kappa shape index (κ3) is 6.09. The zero-order chi connectivity index (χ0) is 14.1. The minimum Gasteiger partial charge on any atom is -0.492 e. The fraction of sp³-hybridized carbons (Fsp3) is 0.533. The summed E-state index contributed by atoms with van der Waals surface area (Å²) in [4.78, 5) is 0. The Morgan fingerprint density at radius 2 is 2.21 bits per heavy atom. The average Bonchev–Trinajstić information content (AvgIpc) is 2.36. The van der Waals surface area contributed by atoms with E-state index in [0.29, 0.717) is 18.9 Å². The van der Waals surface area contributed by atoms with Crippen molar-refractivity contribution in [2.24, 2.45) is 5.92 Å². The molecule has 0 heterocycles. The van der Waals surface area contributed by atoms with Crippen LogP contribution in [0.1, 0.15) is 32.3 Å². The van der Waals surface area contributed by atoms with Crippen molar-refractivity contribution in [1.29, 1.82) is 5.26 Å². The molecule has 3 nitrogen and oxygen atoms in total. The SMILES string of the molecule is CC(C)CNCc1cccc(Br)c1OCCCC#N. The first-order valence-electron chi connectivity index (χ1n) is 6.63. The molecule has 0 aliphatic heterocycles. The lowest BCUT2D eigenvalue weighted by Crippen LogP contribution is -2.19. The van der Waals surface area contributed by atoms with Crippen molar-refractivity contribution in [1.82, 2.24) is 5.32 Å². The van der Waals surface area contributed by atoms with Gasteiger partial charge in [0.15, 0.2) is 0 Å². The molecule has 0 saturated carbocycles. The molecule has 1 aromatic carbocycles. The molecular formula is C15H21BrN2O. The van der Waals surface area contributed by atoms with Gasteiger partial charge in [0, 0.05) is 18.5 Å². The van der Waals surface area contributed by atoms with Crippen LogP contribution in [0.15, 0.2) is 22.7 Å². The van der Waals surface area contributed by atoms with Gasteiger partial charge in [0.1, 0.15) is 5.75 Å². The number of benzene rings is 1. The largest absolute Gasteiger partial charge is 0.492 e. The van der Waals surface area contributed by atoms with E-state index in [9.17, 15) is 0 Å². The summed E-state index contributed by atoms with van der Waals surface area (Å²) in [6.45, 7) is 6.74.